The molecule has 13 heteroatoms. The molecule has 0 unspecified atom stereocenters. The highest BCUT2D eigenvalue weighted by atomic mass is 28.3. The predicted molar refractivity (Wildman–Crippen MR) is 212 cm³/mol. The Bertz CT molecular complexity index is 1920. The van der Waals surface area contributed by atoms with Crippen LogP contribution in [0.25, 0.3) is 22.3 Å². The van der Waals surface area contributed by atoms with Crippen molar-refractivity contribution in [1.29, 1.82) is 0 Å². The number of carbonyl (C=O) groups excluding carboxylic acids is 2. The maximum Gasteiger partial charge on any atom is 0.410 e. The highest BCUT2D eigenvalue weighted by Crippen LogP contribution is 2.36. The van der Waals surface area contributed by atoms with Crippen LogP contribution in [-0.4, -0.2) is 80.5 Å². The number of aromatic amines is 1. The fourth-order valence-corrected chi connectivity index (χ4v) is 7.67. The second kappa shape index (κ2) is 15.8. The summed E-state index contributed by atoms with van der Waals surface area (Å²) >= 11 is 0. The minimum absolute atomic E-state index is 0.139. The van der Waals surface area contributed by atoms with Crippen molar-refractivity contribution in [2.24, 2.45) is 0 Å². The average molecular weight is 759 g/mol. The quantitative estimate of drug-likeness (QED) is 0.119. The molecule has 1 N–H and O–H groups in total. The minimum atomic E-state index is -1.27. The Balaban J connectivity index is 1.15. The fraction of sp³-hybridized carbons (Fsp3) is 0.561. The Kier molecular flexibility index (Phi) is 11.5. The monoisotopic (exact) mass is 758 g/mol. The molecule has 2 saturated heterocycles. The highest BCUT2D eigenvalue weighted by Gasteiger charge is 2.37. The van der Waals surface area contributed by atoms with Gasteiger partial charge in [0.1, 0.15) is 41.9 Å². The second-order valence-corrected chi connectivity index (χ2v) is 23.3. The van der Waals surface area contributed by atoms with Crippen LogP contribution in [0, 0.1) is 0 Å². The van der Waals surface area contributed by atoms with Crippen LogP contribution < -0.4 is 4.74 Å². The van der Waals surface area contributed by atoms with Gasteiger partial charge in [-0.1, -0.05) is 25.7 Å². The van der Waals surface area contributed by atoms with Gasteiger partial charge >= 0.3 is 12.2 Å². The lowest BCUT2D eigenvalue weighted by Crippen LogP contribution is -2.37. The van der Waals surface area contributed by atoms with Crippen LogP contribution in [0.2, 0.25) is 25.7 Å². The Hall–Kier alpha value is -4.36. The molecule has 0 spiro atoms. The van der Waals surface area contributed by atoms with Gasteiger partial charge in [-0.05, 0) is 115 Å². The van der Waals surface area contributed by atoms with Crippen molar-refractivity contribution in [2.45, 2.75) is 130 Å². The van der Waals surface area contributed by atoms with Crippen molar-refractivity contribution in [3.05, 3.63) is 65.9 Å². The summed E-state index contributed by atoms with van der Waals surface area (Å²) in [5.74, 6) is 2.32. The van der Waals surface area contributed by atoms with Crippen LogP contribution in [0.5, 0.6) is 5.75 Å². The third-order valence-electron chi connectivity index (χ3n) is 9.59. The third kappa shape index (κ3) is 9.84. The zero-order chi connectivity index (χ0) is 38.8. The number of imidazole rings is 2. The first-order chi connectivity index (χ1) is 25.4. The number of rotatable bonds is 11. The predicted octanol–water partition coefficient (Wildman–Crippen LogP) is 9.46. The molecular weight excluding hydrogens is 701 g/mol. The summed E-state index contributed by atoms with van der Waals surface area (Å²) in [5, 5.41) is 0. The first kappa shape index (κ1) is 39.3. The first-order valence-electron chi connectivity index (χ1n) is 19.3. The highest BCUT2D eigenvalue weighted by molar-refractivity contribution is 6.76. The van der Waals surface area contributed by atoms with Crippen molar-refractivity contribution >= 4 is 31.3 Å². The number of hydrogen-bond acceptors (Lipinski definition) is 8. The number of likely N-dealkylation sites (tertiary alicyclic amines) is 2. The van der Waals surface area contributed by atoms with Crippen molar-refractivity contribution in [3.8, 4) is 17.0 Å². The Morgan fingerprint density at radius 2 is 1.48 bits per heavy atom. The Labute approximate surface area is 320 Å². The number of ether oxygens (including phenoxy) is 4. The number of H-pyrrole nitrogens is 1. The summed E-state index contributed by atoms with van der Waals surface area (Å²) in [6.45, 7) is 21.0. The molecule has 2 fully saturated rings. The molecule has 6 rings (SSSR count). The van der Waals surface area contributed by atoms with E-state index in [0.717, 1.165) is 77.0 Å². The van der Waals surface area contributed by atoms with E-state index < -0.39 is 19.3 Å². The molecule has 2 aliphatic heterocycles. The van der Waals surface area contributed by atoms with Crippen LogP contribution in [-0.2, 0) is 27.5 Å². The van der Waals surface area contributed by atoms with Gasteiger partial charge in [-0.25, -0.2) is 19.6 Å². The van der Waals surface area contributed by atoms with Crippen LogP contribution in [0.4, 0.5) is 9.59 Å². The zero-order valence-corrected chi connectivity index (χ0v) is 34.5. The van der Waals surface area contributed by atoms with Crippen molar-refractivity contribution < 1.29 is 28.5 Å². The molecule has 2 atom stereocenters. The topological polar surface area (TPSA) is 124 Å². The molecular formula is C41H58N6O6Si. The van der Waals surface area contributed by atoms with Gasteiger partial charge in [0, 0.05) is 39.5 Å². The standard InChI is InChI=1S/C41H58N6O6Si/c1-40(2,3)52-38(48)45-20-10-12-33(45)36-42-25-32(43-36)29-15-17-30(18-16-29)51-26-28-14-19-31-35(24-28)47(27-50-22-23-54(7,8)9)37(44-31)34-13-11-21-46(34)39(49)53-41(4,5)6/h14-19,24-25,33-34H,10-13,20-23,26-27H2,1-9H3,(H,42,43)/t33-,34-/m0/s1. The Morgan fingerprint density at radius 1 is 0.852 bits per heavy atom. The molecule has 2 aromatic carbocycles. The number of nitrogens with zero attached hydrogens (tertiary/aromatic N) is 5. The lowest BCUT2D eigenvalue weighted by atomic mass is 10.1. The largest absolute Gasteiger partial charge is 0.489 e. The van der Waals surface area contributed by atoms with E-state index in [4.69, 9.17) is 28.9 Å². The number of nitrogens with one attached hydrogen (secondary N) is 1. The van der Waals surface area contributed by atoms with Gasteiger partial charge in [0.15, 0.2) is 0 Å². The van der Waals surface area contributed by atoms with E-state index in [1.54, 1.807) is 4.90 Å². The number of benzene rings is 2. The number of fused-ring (bicyclic) bond motifs is 1. The summed E-state index contributed by atoms with van der Waals surface area (Å²) in [6.07, 6.45) is 4.71. The smallest absolute Gasteiger partial charge is 0.410 e. The van der Waals surface area contributed by atoms with E-state index in [-0.39, 0.29) is 24.3 Å². The Morgan fingerprint density at radius 3 is 2.11 bits per heavy atom. The maximum atomic E-state index is 13.2. The summed E-state index contributed by atoms with van der Waals surface area (Å²) in [6, 6.07) is 14.8. The molecule has 0 radical (unpaired) electrons. The maximum absolute atomic E-state index is 13.2. The van der Waals surface area contributed by atoms with E-state index >= 15 is 0 Å². The molecule has 2 aliphatic rings. The molecule has 0 bridgehead atoms. The fourth-order valence-electron chi connectivity index (χ4n) is 6.91. The van der Waals surface area contributed by atoms with E-state index in [1.165, 1.54) is 0 Å². The molecule has 2 amide bonds. The van der Waals surface area contributed by atoms with Gasteiger partial charge in [0.2, 0.25) is 0 Å². The molecule has 4 aromatic rings. The van der Waals surface area contributed by atoms with Crippen molar-refractivity contribution in [3.63, 3.8) is 0 Å². The van der Waals surface area contributed by atoms with Gasteiger partial charge in [-0.15, -0.1) is 0 Å². The van der Waals surface area contributed by atoms with E-state index in [2.05, 4.69) is 35.3 Å². The number of amides is 2. The van der Waals surface area contributed by atoms with Crippen molar-refractivity contribution in [1.82, 2.24) is 29.3 Å². The normalized spacial score (nSPS) is 18.1. The molecule has 0 saturated carbocycles. The van der Waals surface area contributed by atoms with Crippen LogP contribution in [0.3, 0.4) is 0 Å². The minimum Gasteiger partial charge on any atom is -0.489 e. The molecule has 0 aliphatic carbocycles. The third-order valence-corrected chi connectivity index (χ3v) is 11.3. The number of hydrogen-bond donors (Lipinski definition) is 1. The summed E-state index contributed by atoms with van der Waals surface area (Å²) in [5.41, 5.74) is 3.43. The SMILES string of the molecule is CC(C)(C)OC(=O)N1CCC[C@H]1c1nc(-c2ccc(OCc3ccc4nc([C@@H]5CCCN5C(=O)OC(C)(C)C)n(COCC[Si](C)(C)C)c4c3)cc2)c[nH]1. The van der Waals surface area contributed by atoms with Gasteiger partial charge in [0.05, 0.1) is 28.8 Å². The number of aromatic nitrogens is 4. The molecule has 292 valence electrons. The van der Waals surface area contributed by atoms with Gasteiger partial charge in [-0.3, -0.25) is 9.80 Å². The lowest BCUT2D eigenvalue weighted by molar-refractivity contribution is 0.0200. The van der Waals surface area contributed by atoms with E-state index in [9.17, 15) is 9.59 Å². The number of carbonyl (C=O) groups is 2. The summed E-state index contributed by atoms with van der Waals surface area (Å²) < 4.78 is 26.1. The zero-order valence-electron chi connectivity index (χ0n) is 33.5. The van der Waals surface area contributed by atoms with E-state index in [1.807, 2.05) is 89.0 Å². The first-order valence-corrected chi connectivity index (χ1v) is 23.0. The summed E-state index contributed by atoms with van der Waals surface area (Å²) in [7, 11) is -1.27. The second-order valence-electron chi connectivity index (χ2n) is 17.7. The summed E-state index contributed by atoms with van der Waals surface area (Å²) in [4.78, 5) is 42.9. The average Bonchev–Trinajstić information content (AvgIpc) is 3.89. The molecule has 2 aromatic heterocycles. The lowest BCUT2D eigenvalue weighted by Gasteiger charge is -2.28. The van der Waals surface area contributed by atoms with Gasteiger partial charge < -0.3 is 28.5 Å². The molecule has 54 heavy (non-hydrogen) atoms. The van der Waals surface area contributed by atoms with Gasteiger partial charge in [-0.2, -0.15) is 0 Å². The van der Waals surface area contributed by atoms with Gasteiger partial charge in [0.25, 0.3) is 0 Å². The van der Waals surface area contributed by atoms with Crippen LogP contribution >= 0.6 is 0 Å². The van der Waals surface area contributed by atoms with Crippen LogP contribution in [0.15, 0.2) is 48.7 Å². The van der Waals surface area contributed by atoms with Crippen LogP contribution in [0.1, 0.15) is 96.5 Å². The molecule has 12 nitrogen and oxygen atoms in total. The van der Waals surface area contributed by atoms with E-state index in [0.29, 0.717) is 33.0 Å². The van der Waals surface area contributed by atoms with Crippen molar-refractivity contribution in [2.75, 3.05) is 19.7 Å². The molecule has 4 heterocycles.